The molecule has 1 amide bonds. The van der Waals surface area contributed by atoms with Crippen molar-refractivity contribution in [1.82, 2.24) is 25.5 Å². The van der Waals surface area contributed by atoms with Crippen LogP contribution >= 0.6 is 0 Å². The smallest absolute Gasteiger partial charge is 0.244 e. The van der Waals surface area contributed by atoms with E-state index in [1.165, 1.54) is 4.80 Å². The van der Waals surface area contributed by atoms with Crippen LogP contribution in [0.2, 0.25) is 0 Å². The first-order valence-corrected chi connectivity index (χ1v) is 10.0. The Labute approximate surface area is 175 Å². The largest absolute Gasteiger partial charge is 0.486 e. The Balaban J connectivity index is 1.45. The minimum atomic E-state index is -0.184. The first-order chi connectivity index (χ1) is 14.5. The van der Waals surface area contributed by atoms with Crippen LogP contribution in [0.5, 0.6) is 11.5 Å². The molecule has 0 bridgehead atoms. The number of fused-ring (bicyclic) bond motifs is 1. The average molecular weight is 407 g/mol. The van der Waals surface area contributed by atoms with Gasteiger partial charge in [0.05, 0.1) is 6.04 Å². The molecule has 1 atom stereocenters. The maximum Gasteiger partial charge on any atom is 0.244 e. The van der Waals surface area contributed by atoms with Gasteiger partial charge in [0.2, 0.25) is 11.7 Å². The molecule has 156 valence electrons. The first-order valence-electron chi connectivity index (χ1n) is 10.0. The summed E-state index contributed by atoms with van der Waals surface area (Å²) in [6.45, 7) is 7.20. The lowest BCUT2D eigenvalue weighted by molar-refractivity contribution is -0.123. The lowest BCUT2D eigenvalue weighted by Gasteiger charge is -2.25. The second-order valence-electron chi connectivity index (χ2n) is 7.70. The van der Waals surface area contributed by atoms with Crippen molar-refractivity contribution in [2.24, 2.45) is 5.92 Å². The third-order valence-corrected chi connectivity index (χ3v) is 4.96. The van der Waals surface area contributed by atoms with Crippen molar-refractivity contribution in [3.63, 3.8) is 0 Å². The molecule has 1 aliphatic heterocycles. The zero-order chi connectivity index (χ0) is 21.1. The minimum Gasteiger partial charge on any atom is -0.486 e. The highest BCUT2D eigenvalue weighted by molar-refractivity contribution is 5.76. The van der Waals surface area contributed by atoms with E-state index in [2.05, 4.69) is 34.6 Å². The van der Waals surface area contributed by atoms with Crippen molar-refractivity contribution in [2.45, 2.75) is 33.4 Å². The molecule has 3 aromatic rings. The highest BCUT2D eigenvalue weighted by Gasteiger charge is 2.22. The third kappa shape index (κ3) is 4.42. The fraction of sp³-hybridized carbons (Fsp3) is 0.364. The molecule has 0 radical (unpaired) electrons. The van der Waals surface area contributed by atoms with Crippen LogP contribution in [0.3, 0.4) is 0 Å². The summed E-state index contributed by atoms with van der Waals surface area (Å²) >= 11 is 0. The molecular formula is C22H25N5O3. The van der Waals surface area contributed by atoms with Crippen LogP contribution in [-0.4, -0.2) is 39.3 Å². The fourth-order valence-electron chi connectivity index (χ4n) is 3.36. The maximum absolute atomic E-state index is 12.7. The zero-order valence-electron chi connectivity index (χ0n) is 17.3. The number of aromatic nitrogens is 4. The molecule has 1 aromatic heterocycles. The molecule has 2 heterocycles. The van der Waals surface area contributed by atoms with E-state index < -0.39 is 0 Å². The van der Waals surface area contributed by atoms with Crippen molar-refractivity contribution in [3.05, 3.63) is 53.6 Å². The van der Waals surface area contributed by atoms with Crippen molar-refractivity contribution in [3.8, 4) is 22.9 Å². The van der Waals surface area contributed by atoms with E-state index in [9.17, 15) is 4.79 Å². The molecule has 8 nitrogen and oxygen atoms in total. The molecule has 0 aliphatic carbocycles. The van der Waals surface area contributed by atoms with E-state index in [1.54, 1.807) is 0 Å². The Morgan fingerprint density at radius 3 is 2.57 bits per heavy atom. The number of benzene rings is 2. The predicted octanol–water partition coefficient (Wildman–Crippen LogP) is 2.93. The van der Waals surface area contributed by atoms with E-state index in [4.69, 9.17) is 9.47 Å². The zero-order valence-corrected chi connectivity index (χ0v) is 17.3. The molecule has 0 saturated heterocycles. The third-order valence-electron chi connectivity index (χ3n) is 4.96. The normalized spacial score (nSPS) is 13.9. The number of hydrogen-bond acceptors (Lipinski definition) is 6. The van der Waals surface area contributed by atoms with Gasteiger partial charge in [-0.25, -0.2) is 0 Å². The summed E-state index contributed by atoms with van der Waals surface area (Å²) in [6, 6.07) is 13.5. The van der Waals surface area contributed by atoms with E-state index in [-0.39, 0.29) is 24.4 Å². The summed E-state index contributed by atoms with van der Waals surface area (Å²) in [6.07, 6.45) is 0. The lowest BCUT2D eigenvalue weighted by atomic mass is 9.95. The molecule has 0 fully saturated rings. The van der Waals surface area contributed by atoms with Gasteiger partial charge >= 0.3 is 0 Å². The molecule has 0 saturated carbocycles. The molecule has 2 aromatic carbocycles. The van der Waals surface area contributed by atoms with E-state index in [0.717, 1.165) is 22.4 Å². The molecule has 8 heteroatoms. The Kier molecular flexibility index (Phi) is 5.65. The van der Waals surface area contributed by atoms with Crippen LogP contribution in [0, 0.1) is 12.8 Å². The van der Waals surface area contributed by atoms with Crippen molar-refractivity contribution >= 4 is 5.91 Å². The summed E-state index contributed by atoms with van der Waals surface area (Å²) in [5.74, 6) is 1.93. The molecule has 1 N–H and O–H groups in total. The van der Waals surface area contributed by atoms with Crippen molar-refractivity contribution < 1.29 is 14.3 Å². The van der Waals surface area contributed by atoms with Gasteiger partial charge in [0.15, 0.2) is 11.5 Å². The average Bonchev–Trinajstić information content (AvgIpc) is 3.20. The summed E-state index contributed by atoms with van der Waals surface area (Å²) < 4.78 is 11.3. The van der Waals surface area contributed by atoms with Crippen LogP contribution in [0.4, 0.5) is 0 Å². The van der Waals surface area contributed by atoms with Crippen LogP contribution < -0.4 is 14.8 Å². The monoisotopic (exact) mass is 407 g/mol. The minimum absolute atomic E-state index is 0.00731. The van der Waals surface area contributed by atoms with E-state index >= 15 is 0 Å². The number of ether oxygens (including phenoxy) is 2. The van der Waals surface area contributed by atoms with E-state index in [0.29, 0.717) is 24.8 Å². The number of nitrogens with one attached hydrogen (secondary N) is 1. The number of carbonyl (C=O) groups is 1. The van der Waals surface area contributed by atoms with Crippen LogP contribution in [0.25, 0.3) is 11.4 Å². The van der Waals surface area contributed by atoms with Crippen LogP contribution in [0.1, 0.15) is 31.0 Å². The summed E-state index contributed by atoms with van der Waals surface area (Å²) in [4.78, 5) is 14.0. The summed E-state index contributed by atoms with van der Waals surface area (Å²) in [5.41, 5.74) is 2.99. The number of rotatable bonds is 6. The maximum atomic E-state index is 12.7. The highest BCUT2D eigenvalue weighted by Crippen LogP contribution is 2.34. The summed E-state index contributed by atoms with van der Waals surface area (Å²) in [7, 11) is 0. The Morgan fingerprint density at radius 2 is 1.83 bits per heavy atom. The quantitative estimate of drug-likeness (QED) is 0.676. The van der Waals surface area contributed by atoms with Gasteiger partial charge in [-0.05, 0) is 35.8 Å². The molecular weight excluding hydrogens is 382 g/mol. The molecule has 30 heavy (non-hydrogen) atoms. The highest BCUT2D eigenvalue weighted by atomic mass is 16.6. The van der Waals surface area contributed by atoms with Gasteiger partial charge < -0.3 is 14.8 Å². The standard InChI is InChI=1S/C22H25N5O3/c1-14(2)21(17-8-9-18-19(12-17)30-11-10-29-18)23-20(28)13-27-25-22(24-26-27)16-6-4-15(3)5-7-16/h4-9,12,14,21H,10-11,13H2,1-3H3,(H,23,28). The number of carbonyl (C=O) groups excluding carboxylic acids is 1. The Hall–Kier alpha value is -3.42. The fourth-order valence-corrected chi connectivity index (χ4v) is 3.36. The van der Waals surface area contributed by atoms with Gasteiger partial charge in [0.1, 0.15) is 19.8 Å². The second kappa shape index (κ2) is 8.52. The number of hydrogen-bond donors (Lipinski definition) is 1. The van der Waals surface area contributed by atoms with Gasteiger partial charge in [-0.3, -0.25) is 4.79 Å². The van der Waals surface area contributed by atoms with Crippen molar-refractivity contribution in [2.75, 3.05) is 13.2 Å². The summed E-state index contributed by atoms with van der Waals surface area (Å²) in [5, 5.41) is 15.5. The number of nitrogens with zero attached hydrogens (tertiary/aromatic N) is 4. The SMILES string of the molecule is Cc1ccc(-c2nnn(CC(=O)NC(c3ccc4c(c3)OCCO4)C(C)C)n2)cc1. The lowest BCUT2D eigenvalue weighted by Crippen LogP contribution is -2.34. The molecule has 4 rings (SSSR count). The molecule has 1 unspecified atom stereocenters. The number of aryl methyl sites for hydroxylation is 1. The Morgan fingerprint density at radius 1 is 1.10 bits per heavy atom. The number of amides is 1. The molecule has 1 aliphatic rings. The van der Waals surface area contributed by atoms with Gasteiger partial charge in [-0.1, -0.05) is 49.7 Å². The predicted molar refractivity (Wildman–Crippen MR) is 111 cm³/mol. The Bertz CT molecular complexity index is 1030. The van der Waals surface area contributed by atoms with Crippen molar-refractivity contribution in [1.29, 1.82) is 0 Å². The topological polar surface area (TPSA) is 91.2 Å². The molecule has 0 spiro atoms. The van der Waals surface area contributed by atoms with Gasteiger partial charge in [-0.2, -0.15) is 4.80 Å². The van der Waals surface area contributed by atoms with Gasteiger partial charge in [0.25, 0.3) is 0 Å². The number of tetrazole rings is 1. The second-order valence-corrected chi connectivity index (χ2v) is 7.70. The van der Waals surface area contributed by atoms with Crippen LogP contribution in [-0.2, 0) is 11.3 Å². The van der Waals surface area contributed by atoms with Gasteiger partial charge in [-0.15, -0.1) is 10.2 Å². The van der Waals surface area contributed by atoms with E-state index in [1.807, 2.05) is 49.4 Å². The van der Waals surface area contributed by atoms with Crippen LogP contribution in [0.15, 0.2) is 42.5 Å². The van der Waals surface area contributed by atoms with Gasteiger partial charge in [0, 0.05) is 5.56 Å². The first kappa shape index (κ1) is 19.9.